The van der Waals surface area contributed by atoms with Gasteiger partial charge in [0.15, 0.2) is 5.75 Å². The molecule has 3 aromatic rings. The summed E-state index contributed by atoms with van der Waals surface area (Å²) in [6.45, 7) is 1.73. The van der Waals surface area contributed by atoms with Gasteiger partial charge in [0, 0.05) is 5.56 Å². The zero-order valence-electron chi connectivity index (χ0n) is 15.2. The first-order chi connectivity index (χ1) is 13.5. The Morgan fingerprint density at radius 1 is 0.964 bits per heavy atom. The number of benzene rings is 3. The predicted molar refractivity (Wildman–Crippen MR) is 105 cm³/mol. The van der Waals surface area contributed by atoms with E-state index in [1.54, 1.807) is 24.3 Å². The standard InChI is InChI=1S/C22H19FN2O3/c1-15-9-11-18(12-10-15)28-20-8-3-2-7-19(20)25-21(26)14-24-22(27)16-5-4-6-17(23)13-16/h2-13H,14H2,1H3,(H,24,27)(H,25,26). The summed E-state index contributed by atoms with van der Waals surface area (Å²) in [6, 6.07) is 19.8. The molecule has 5 nitrogen and oxygen atoms in total. The maximum atomic E-state index is 13.2. The van der Waals surface area contributed by atoms with Crippen molar-refractivity contribution < 1.29 is 18.7 Å². The summed E-state index contributed by atoms with van der Waals surface area (Å²) >= 11 is 0. The number of rotatable bonds is 6. The van der Waals surface area contributed by atoms with Crippen LogP contribution in [-0.4, -0.2) is 18.4 Å². The van der Waals surface area contributed by atoms with E-state index in [2.05, 4.69) is 10.6 Å². The lowest BCUT2D eigenvalue weighted by atomic mass is 10.2. The van der Waals surface area contributed by atoms with Crippen molar-refractivity contribution >= 4 is 17.5 Å². The molecule has 2 amide bonds. The van der Waals surface area contributed by atoms with Gasteiger partial charge in [0.1, 0.15) is 11.6 Å². The van der Waals surface area contributed by atoms with Crippen molar-refractivity contribution in [1.82, 2.24) is 5.32 Å². The van der Waals surface area contributed by atoms with E-state index in [-0.39, 0.29) is 12.1 Å². The molecule has 0 atom stereocenters. The summed E-state index contributed by atoms with van der Waals surface area (Å²) in [7, 11) is 0. The molecule has 0 saturated heterocycles. The highest BCUT2D eigenvalue weighted by Gasteiger charge is 2.11. The first-order valence-electron chi connectivity index (χ1n) is 8.68. The molecule has 0 aliphatic rings. The minimum atomic E-state index is -0.529. The van der Waals surface area contributed by atoms with Crippen LogP contribution in [0.5, 0.6) is 11.5 Å². The molecule has 0 bridgehead atoms. The Bertz CT molecular complexity index is 987. The molecule has 0 unspecified atom stereocenters. The number of aryl methyl sites for hydroxylation is 1. The van der Waals surface area contributed by atoms with Crippen LogP contribution in [0.2, 0.25) is 0 Å². The molecule has 0 radical (unpaired) electrons. The predicted octanol–water partition coefficient (Wildman–Crippen LogP) is 4.29. The average Bonchev–Trinajstić information content (AvgIpc) is 2.69. The van der Waals surface area contributed by atoms with E-state index in [0.717, 1.165) is 11.6 Å². The fraction of sp³-hybridized carbons (Fsp3) is 0.0909. The Hall–Kier alpha value is -3.67. The molecule has 28 heavy (non-hydrogen) atoms. The van der Waals surface area contributed by atoms with Crippen molar-refractivity contribution in [3.63, 3.8) is 0 Å². The maximum absolute atomic E-state index is 13.2. The number of halogens is 1. The van der Waals surface area contributed by atoms with E-state index in [1.807, 2.05) is 31.2 Å². The normalized spacial score (nSPS) is 10.2. The van der Waals surface area contributed by atoms with Gasteiger partial charge in [-0.15, -0.1) is 0 Å². The van der Waals surface area contributed by atoms with E-state index in [4.69, 9.17) is 4.74 Å². The number of anilines is 1. The van der Waals surface area contributed by atoms with Crippen LogP contribution in [0.4, 0.5) is 10.1 Å². The molecular formula is C22H19FN2O3. The zero-order chi connectivity index (χ0) is 19.9. The fourth-order valence-corrected chi connectivity index (χ4v) is 2.48. The van der Waals surface area contributed by atoms with Crippen molar-refractivity contribution in [3.05, 3.63) is 89.7 Å². The minimum Gasteiger partial charge on any atom is -0.455 e. The number of carbonyl (C=O) groups is 2. The summed E-state index contributed by atoms with van der Waals surface area (Å²) in [4.78, 5) is 24.2. The van der Waals surface area contributed by atoms with Gasteiger partial charge in [0.2, 0.25) is 5.91 Å². The maximum Gasteiger partial charge on any atom is 0.251 e. The van der Waals surface area contributed by atoms with Crippen LogP contribution in [0.25, 0.3) is 0 Å². The molecule has 0 spiro atoms. The van der Waals surface area contributed by atoms with Gasteiger partial charge < -0.3 is 15.4 Å². The highest BCUT2D eigenvalue weighted by Crippen LogP contribution is 2.29. The third-order valence-electron chi connectivity index (χ3n) is 3.91. The molecular weight excluding hydrogens is 359 g/mol. The molecule has 6 heteroatoms. The highest BCUT2D eigenvalue weighted by molar-refractivity contribution is 5.99. The second kappa shape index (κ2) is 8.81. The summed E-state index contributed by atoms with van der Waals surface area (Å²) in [5, 5.41) is 5.17. The Labute approximate surface area is 162 Å². The number of ether oxygens (including phenoxy) is 1. The van der Waals surface area contributed by atoms with E-state index in [0.29, 0.717) is 17.2 Å². The smallest absolute Gasteiger partial charge is 0.251 e. The van der Waals surface area contributed by atoms with Gasteiger partial charge in [-0.2, -0.15) is 0 Å². The first kappa shape index (κ1) is 19.1. The fourth-order valence-electron chi connectivity index (χ4n) is 2.48. The van der Waals surface area contributed by atoms with E-state index < -0.39 is 17.6 Å². The lowest BCUT2D eigenvalue weighted by molar-refractivity contribution is -0.115. The summed E-state index contributed by atoms with van der Waals surface area (Å²) in [5.41, 5.74) is 1.74. The van der Waals surface area contributed by atoms with Crippen molar-refractivity contribution in [2.45, 2.75) is 6.92 Å². The third-order valence-corrected chi connectivity index (χ3v) is 3.91. The van der Waals surface area contributed by atoms with Crippen molar-refractivity contribution in [2.24, 2.45) is 0 Å². The molecule has 0 aromatic heterocycles. The van der Waals surface area contributed by atoms with Crippen LogP contribution in [0, 0.1) is 12.7 Å². The van der Waals surface area contributed by atoms with Gasteiger partial charge >= 0.3 is 0 Å². The van der Waals surface area contributed by atoms with Crippen LogP contribution in [0.15, 0.2) is 72.8 Å². The molecule has 0 saturated carbocycles. The summed E-state index contributed by atoms with van der Waals surface area (Å²) < 4.78 is 19.0. The van der Waals surface area contributed by atoms with Crippen molar-refractivity contribution in [3.8, 4) is 11.5 Å². The van der Waals surface area contributed by atoms with Crippen LogP contribution in [0.1, 0.15) is 15.9 Å². The third kappa shape index (κ3) is 5.17. The molecule has 0 heterocycles. The Kier molecular flexibility index (Phi) is 6.01. The van der Waals surface area contributed by atoms with Crippen molar-refractivity contribution in [1.29, 1.82) is 0 Å². The first-order valence-corrected chi connectivity index (χ1v) is 8.68. The SMILES string of the molecule is Cc1ccc(Oc2ccccc2NC(=O)CNC(=O)c2cccc(F)c2)cc1. The van der Waals surface area contributed by atoms with E-state index in [9.17, 15) is 14.0 Å². The molecule has 0 fully saturated rings. The lowest BCUT2D eigenvalue weighted by Gasteiger charge is -2.13. The van der Waals surface area contributed by atoms with Gasteiger partial charge in [0.05, 0.1) is 12.2 Å². The number of nitrogens with one attached hydrogen (secondary N) is 2. The number of hydrogen-bond acceptors (Lipinski definition) is 3. The molecule has 3 rings (SSSR count). The Balaban J connectivity index is 1.61. The van der Waals surface area contributed by atoms with Gasteiger partial charge in [-0.05, 0) is 49.4 Å². The molecule has 0 aliphatic heterocycles. The van der Waals surface area contributed by atoms with Gasteiger partial charge in [0.25, 0.3) is 5.91 Å². The zero-order valence-corrected chi connectivity index (χ0v) is 15.2. The van der Waals surface area contributed by atoms with Gasteiger partial charge in [-0.1, -0.05) is 35.9 Å². The van der Waals surface area contributed by atoms with Gasteiger partial charge in [-0.3, -0.25) is 9.59 Å². The second-order valence-electron chi connectivity index (χ2n) is 6.15. The van der Waals surface area contributed by atoms with Crippen LogP contribution in [-0.2, 0) is 4.79 Å². The average molecular weight is 378 g/mol. The topological polar surface area (TPSA) is 67.4 Å². The number of amides is 2. The highest BCUT2D eigenvalue weighted by atomic mass is 19.1. The minimum absolute atomic E-state index is 0.149. The Morgan fingerprint density at radius 2 is 1.71 bits per heavy atom. The molecule has 3 aromatic carbocycles. The lowest BCUT2D eigenvalue weighted by Crippen LogP contribution is -2.32. The van der Waals surface area contributed by atoms with Crippen LogP contribution in [0.3, 0.4) is 0 Å². The number of hydrogen-bond donors (Lipinski definition) is 2. The number of carbonyl (C=O) groups excluding carboxylic acids is 2. The quantitative estimate of drug-likeness (QED) is 0.672. The van der Waals surface area contributed by atoms with Crippen LogP contribution < -0.4 is 15.4 Å². The van der Waals surface area contributed by atoms with Gasteiger partial charge in [-0.25, -0.2) is 4.39 Å². The largest absolute Gasteiger partial charge is 0.455 e. The molecule has 142 valence electrons. The van der Waals surface area contributed by atoms with Crippen molar-refractivity contribution in [2.75, 3.05) is 11.9 Å². The molecule has 2 N–H and O–H groups in total. The molecule has 0 aliphatic carbocycles. The summed E-state index contributed by atoms with van der Waals surface area (Å²) in [5.74, 6) is -0.342. The monoisotopic (exact) mass is 378 g/mol. The van der Waals surface area contributed by atoms with E-state index in [1.165, 1.54) is 18.2 Å². The Morgan fingerprint density at radius 3 is 2.46 bits per heavy atom. The van der Waals surface area contributed by atoms with Crippen LogP contribution >= 0.6 is 0 Å². The summed E-state index contributed by atoms with van der Waals surface area (Å²) in [6.07, 6.45) is 0. The number of para-hydroxylation sites is 2. The second-order valence-corrected chi connectivity index (χ2v) is 6.15. The van der Waals surface area contributed by atoms with E-state index >= 15 is 0 Å².